The van der Waals surface area contributed by atoms with Crippen LogP contribution >= 0.6 is 11.8 Å². The van der Waals surface area contributed by atoms with E-state index in [9.17, 15) is 19.5 Å². The molecule has 6 rings (SSSR count). The molecule has 244 valence electrons. The standard InChI is InChI=1S/C36H41NO8S/c1-20-12-13-34(3)27(35(20,4)19-42-21(2)38)17-28(44-32(40)22-9-7-11-24(15-22)46-6)36(5)31(34)30(39)29-26(45-36)16-25(43-33(29)41)23-10-8-14-37-18-23/h7-11,14-16,18,20,27-28,30-31,39H,12-13,17,19H2,1-6H3/t20-,27?,28-,30?,31?,34-,35-,36+/m0/s1. The lowest BCUT2D eigenvalue weighted by atomic mass is 9.41. The number of fused-ring (bicyclic) bond motifs is 4. The van der Waals surface area contributed by atoms with Gasteiger partial charge < -0.3 is 23.7 Å². The van der Waals surface area contributed by atoms with E-state index < -0.39 is 46.2 Å². The van der Waals surface area contributed by atoms with Crippen LogP contribution in [0.3, 0.4) is 0 Å². The number of aromatic nitrogens is 1. The minimum absolute atomic E-state index is 0.0510. The average molecular weight is 648 g/mol. The summed E-state index contributed by atoms with van der Waals surface area (Å²) in [5, 5.41) is 12.3. The number of rotatable bonds is 6. The molecule has 1 aromatic carbocycles. The summed E-state index contributed by atoms with van der Waals surface area (Å²) in [6.07, 6.45) is 5.04. The van der Waals surface area contributed by atoms with E-state index in [1.54, 1.807) is 42.7 Å². The Kier molecular flexibility index (Phi) is 8.34. The maximum Gasteiger partial charge on any atom is 0.345 e. The number of aliphatic hydroxyl groups is 1. The molecule has 3 aliphatic rings. The molecule has 0 saturated heterocycles. The number of aliphatic hydroxyl groups excluding tert-OH is 1. The topological polar surface area (TPSA) is 125 Å². The van der Waals surface area contributed by atoms with Crippen LogP contribution in [-0.2, 0) is 14.3 Å². The van der Waals surface area contributed by atoms with Crippen molar-refractivity contribution in [3.05, 3.63) is 76.4 Å². The van der Waals surface area contributed by atoms with Crippen LogP contribution in [0.25, 0.3) is 11.3 Å². The van der Waals surface area contributed by atoms with Crippen LogP contribution < -0.4 is 10.4 Å². The number of ether oxygens (including phenoxy) is 3. The van der Waals surface area contributed by atoms with Crippen LogP contribution in [-0.4, -0.2) is 46.6 Å². The van der Waals surface area contributed by atoms with Gasteiger partial charge in [0.25, 0.3) is 0 Å². The van der Waals surface area contributed by atoms with E-state index in [2.05, 4.69) is 25.8 Å². The molecule has 46 heavy (non-hydrogen) atoms. The first kappa shape index (κ1) is 32.3. The van der Waals surface area contributed by atoms with Gasteiger partial charge in [-0.1, -0.05) is 26.8 Å². The smallest absolute Gasteiger partial charge is 0.345 e. The Morgan fingerprint density at radius 2 is 1.93 bits per heavy atom. The SMILES string of the molecule is CSc1cccc(C(=O)O[C@H]2CC3[C@](C)(CC[C@H](C)[C@]3(C)COC(C)=O)C3C(O)c4c(cc(-c5cccnc5)oc4=O)O[C@@]32C)c1. The predicted octanol–water partition coefficient (Wildman–Crippen LogP) is 6.48. The van der Waals surface area contributed by atoms with Gasteiger partial charge in [-0.05, 0) is 80.0 Å². The number of esters is 2. The molecule has 3 heterocycles. The number of carbonyl (C=O) groups is 2. The third-order valence-electron chi connectivity index (χ3n) is 11.2. The van der Waals surface area contributed by atoms with Crippen molar-refractivity contribution >= 4 is 23.7 Å². The Hall–Kier alpha value is -3.63. The second kappa shape index (κ2) is 11.9. The Morgan fingerprint density at radius 1 is 1.15 bits per heavy atom. The van der Waals surface area contributed by atoms with E-state index in [0.717, 1.165) is 17.7 Å². The number of pyridine rings is 1. The van der Waals surface area contributed by atoms with Gasteiger partial charge in [-0.15, -0.1) is 11.8 Å². The lowest BCUT2D eigenvalue weighted by Crippen LogP contribution is -2.70. The fraction of sp³-hybridized carbons (Fsp3) is 0.500. The summed E-state index contributed by atoms with van der Waals surface area (Å²) in [5.74, 6) is -1.05. The highest BCUT2D eigenvalue weighted by Crippen LogP contribution is 2.68. The molecule has 1 aliphatic heterocycles. The van der Waals surface area contributed by atoms with Gasteiger partial charge in [0.1, 0.15) is 28.8 Å². The minimum atomic E-state index is -1.27. The van der Waals surface area contributed by atoms with E-state index in [1.807, 2.05) is 25.3 Å². The first-order valence-electron chi connectivity index (χ1n) is 15.8. The van der Waals surface area contributed by atoms with Gasteiger partial charge in [0, 0.05) is 47.2 Å². The van der Waals surface area contributed by atoms with Gasteiger partial charge in [-0.2, -0.15) is 0 Å². The summed E-state index contributed by atoms with van der Waals surface area (Å²) < 4.78 is 24.6. The fourth-order valence-corrected chi connectivity index (χ4v) is 9.10. The second-order valence-electron chi connectivity index (χ2n) is 13.8. The van der Waals surface area contributed by atoms with Gasteiger partial charge in [-0.3, -0.25) is 9.78 Å². The zero-order valence-corrected chi connectivity index (χ0v) is 27.9. The first-order valence-corrected chi connectivity index (χ1v) is 17.0. The number of thioether (sulfide) groups is 1. The third kappa shape index (κ3) is 5.23. The minimum Gasteiger partial charge on any atom is -0.482 e. The van der Waals surface area contributed by atoms with Gasteiger partial charge >= 0.3 is 17.6 Å². The molecule has 3 unspecified atom stereocenters. The Morgan fingerprint density at radius 3 is 2.63 bits per heavy atom. The summed E-state index contributed by atoms with van der Waals surface area (Å²) in [4.78, 5) is 44.5. The quantitative estimate of drug-likeness (QED) is 0.235. The third-order valence-corrected chi connectivity index (χ3v) is 12.0. The number of hydrogen-bond acceptors (Lipinski definition) is 10. The van der Waals surface area contributed by atoms with E-state index in [4.69, 9.17) is 18.6 Å². The molecule has 8 atom stereocenters. The van der Waals surface area contributed by atoms with E-state index in [-0.39, 0.29) is 41.5 Å². The zero-order chi connectivity index (χ0) is 33.0. The normalized spacial score (nSPS) is 33.1. The lowest BCUT2D eigenvalue weighted by molar-refractivity contribution is -0.257. The van der Waals surface area contributed by atoms with Crippen molar-refractivity contribution in [2.24, 2.45) is 28.6 Å². The van der Waals surface area contributed by atoms with E-state index >= 15 is 0 Å². The number of carbonyl (C=O) groups excluding carboxylic acids is 2. The molecule has 2 aliphatic carbocycles. The van der Waals surface area contributed by atoms with Crippen LogP contribution in [0.5, 0.6) is 5.75 Å². The predicted molar refractivity (Wildman–Crippen MR) is 172 cm³/mol. The molecular weight excluding hydrogens is 606 g/mol. The molecule has 3 aromatic rings. The van der Waals surface area contributed by atoms with Crippen molar-refractivity contribution in [3.63, 3.8) is 0 Å². The summed E-state index contributed by atoms with van der Waals surface area (Å²) in [6, 6.07) is 12.4. The molecule has 1 N–H and O–H groups in total. The molecule has 2 aromatic heterocycles. The van der Waals surface area contributed by atoms with Crippen molar-refractivity contribution in [3.8, 4) is 17.1 Å². The van der Waals surface area contributed by atoms with E-state index in [0.29, 0.717) is 17.5 Å². The Balaban J connectivity index is 1.49. The van der Waals surface area contributed by atoms with E-state index in [1.165, 1.54) is 18.7 Å². The lowest BCUT2D eigenvalue weighted by Gasteiger charge is -2.66. The van der Waals surface area contributed by atoms with Gasteiger partial charge in [-0.25, -0.2) is 9.59 Å². The summed E-state index contributed by atoms with van der Waals surface area (Å²) >= 11 is 1.53. The van der Waals surface area contributed by atoms with Gasteiger partial charge in [0.2, 0.25) is 0 Å². The monoisotopic (exact) mass is 647 g/mol. The van der Waals surface area contributed by atoms with Crippen molar-refractivity contribution in [2.45, 2.75) is 76.6 Å². The highest BCUT2D eigenvalue weighted by atomic mass is 32.2. The molecule has 0 amide bonds. The maximum atomic E-state index is 13.8. The molecule has 2 saturated carbocycles. The molecular formula is C36H41NO8S. The van der Waals surface area contributed by atoms with Crippen molar-refractivity contribution < 1.29 is 33.3 Å². The highest BCUT2D eigenvalue weighted by Gasteiger charge is 2.70. The summed E-state index contributed by atoms with van der Waals surface area (Å²) in [5.41, 5.74) is -1.94. The molecule has 0 radical (unpaired) electrons. The van der Waals surface area contributed by atoms with Crippen LogP contribution in [0, 0.1) is 28.6 Å². The largest absolute Gasteiger partial charge is 0.482 e. The second-order valence-corrected chi connectivity index (χ2v) is 14.7. The first-order chi connectivity index (χ1) is 21.8. The Bertz CT molecular complexity index is 1710. The summed E-state index contributed by atoms with van der Waals surface area (Å²) in [6.45, 7) is 9.86. The molecule has 2 fully saturated rings. The zero-order valence-electron chi connectivity index (χ0n) is 27.1. The number of nitrogens with zero attached hydrogens (tertiary/aromatic N) is 1. The van der Waals surface area contributed by atoms with Crippen molar-refractivity contribution in [1.82, 2.24) is 4.98 Å². The van der Waals surface area contributed by atoms with Crippen molar-refractivity contribution in [1.29, 1.82) is 0 Å². The van der Waals surface area contributed by atoms with Crippen LogP contribution in [0.2, 0.25) is 0 Å². The molecule has 10 heteroatoms. The van der Waals surface area contributed by atoms with Crippen LogP contribution in [0.4, 0.5) is 0 Å². The Labute approximate surface area is 273 Å². The van der Waals surface area contributed by atoms with Crippen molar-refractivity contribution in [2.75, 3.05) is 12.9 Å². The maximum absolute atomic E-state index is 13.8. The summed E-state index contributed by atoms with van der Waals surface area (Å²) in [7, 11) is 0. The average Bonchev–Trinajstić information content (AvgIpc) is 3.03. The van der Waals surface area contributed by atoms with Gasteiger partial charge in [0.05, 0.1) is 18.3 Å². The van der Waals surface area contributed by atoms with Gasteiger partial charge in [0.15, 0.2) is 0 Å². The van der Waals surface area contributed by atoms with Crippen LogP contribution in [0.1, 0.15) is 75.9 Å². The van der Waals surface area contributed by atoms with Crippen LogP contribution in [0.15, 0.2) is 69.0 Å². The number of hydrogen-bond donors (Lipinski definition) is 1. The fourth-order valence-electron chi connectivity index (χ4n) is 8.64. The number of benzene rings is 1. The molecule has 0 bridgehead atoms. The molecule has 0 spiro atoms. The highest BCUT2D eigenvalue weighted by molar-refractivity contribution is 7.98. The molecule has 9 nitrogen and oxygen atoms in total.